The molecule has 1 N–H and O–H groups in total. The first kappa shape index (κ1) is 15.3. The summed E-state index contributed by atoms with van der Waals surface area (Å²) < 4.78 is 3.20. The van der Waals surface area contributed by atoms with Gasteiger partial charge in [0, 0.05) is 22.8 Å². The smallest absolute Gasteiger partial charge is 0.0605 e. The molecule has 0 bridgehead atoms. The van der Waals surface area contributed by atoms with Crippen molar-refractivity contribution in [3.8, 4) is 0 Å². The molecule has 1 heterocycles. The topological polar surface area (TPSA) is 29.9 Å². The van der Waals surface area contributed by atoms with Crippen molar-refractivity contribution >= 4 is 15.9 Å². The molecule has 3 nitrogen and oxygen atoms in total. The van der Waals surface area contributed by atoms with Gasteiger partial charge in [0.1, 0.15) is 0 Å². The first-order valence-corrected chi connectivity index (χ1v) is 7.82. The van der Waals surface area contributed by atoms with Crippen molar-refractivity contribution in [2.45, 2.75) is 39.8 Å². The van der Waals surface area contributed by atoms with Crippen molar-refractivity contribution in [3.63, 3.8) is 0 Å². The lowest BCUT2D eigenvalue weighted by Gasteiger charge is -2.17. The molecule has 1 atom stereocenters. The van der Waals surface area contributed by atoms with E-state index in [4.69, 9.17) is 0 Å². The average molecular weight is 336 g/mol. The summed E-state index contributed by atoms with van der Waals surface area (Å²) >= 11 is 3.63. The van der Waals surface area contributed by atoms with Crippen molar-refractivity contribution in [1.82, 2.24) is 15.1 Å². The summed E-state index contributed by atoms with van der Waals surface area (Å²) in [6, 6.07) is 4.65. The van der Waals surface area contributed by atoms with Gasteiger partial charge in [0.25, 0.3) is 0 Å². The van der Waals surface area contributed by atoms with Gasteiger partial charge < -0.3 is 5.32 Å². The molecule has 0 amide bonds. The second-order valence-electron chi connectivity index (χ2n) is 5.23. The highest BCUT2D eigenvalue weighted by Crippen LogP contribution is 2.28. The number of benzene rings is 1. The number of nitrogens with one attached hydrogen (secondary N) is 1. The molecule has 0 radical (unpaired) electrons. The molecule has 4 heteroatoms. The normalized spacial score (nSPS) is 12.7. The molecule has 1 aromatic carbocycles. The van der Waals surface area contributed by atoms with E-state index in [0.717, 1.165) is 13.0 Å². The Morgan fingerprint density at radius 1 is 1.25 bits per heavy atom. The quantitative estimate of drug-likeness (QED) is 0.895. The summed E-state index contributed by atoms with van der Waals surface area (Å²) in [7, 11) is 1.99. The second-order valence-corrected chi connectivity index (χ2v) is 6.02. The molecular formula is C16H22BrN3. The molecule has 2 rings (SSSR count). The van der Waals surface area contributed by atoms with Crippen molar-refractivity contribution in [2.75, 3.05) is 7.05 Å². The van der Waals surface area contributed by atoms with Gasteiger partial charge in [-0.15, -0.1) is 0 Å². The van der Waals surface area contributed by atoms with Crippen LogP contribution in [0.25, 0.3) is 0 Å². The van der Waals surface area contributed by atoms with E-state index in [-0.39, 0.29) is 6.04 Å². The number of aryl methyl sites for hydroxylation is 3. The van der Waals surface area contributed by atoms with Gasteiger partial charge in [0.05, 0.1) is 12.2 Å². The molecule has 0 aliphatic heterocycles. The van der Waals surface area contributed by atoms with Crippen LogP contribution in [0.4, 0.5) is 0 Å². The Labute approximate surface area is 129 Å². The van der Waals surface area contributed by atoms with Gasteiger partial charge >= 0.3 is 0 Å². The minimum atomic E-state index is 0.186. The predicted octanol–water partition coefficient (Wildman–Crippen LogP) is 3.98. The molecule has 0 aliphatic carbocycles. The minimum Gasteiger partial charge on any atom is -0.309 e. The van der Waals surface area contributed by atoms with Crippen LogP contribution in [-0.2, 0) is 6.54 Å². The van der Waals surface area contributed by atoms with Crippen LogP contribution in [0.3, 0.4) is 0 Å². The van der Waals surface area contributed by atoms with Gasteiger partial charge in [-0.25, -0.2) is 0 Å². The van der Waals surface area contributed by atoms with Crippen molar-refractivity contribution < 1.29 is 0 Å². The third kappa shape index (κ3) is 3.13. The lowest BCUT2D eigenvalue weighted by atomic mass is 9.98. The van der Waals surface area contributed by atoms with Gasteiger partial charge in [0.2, 0.25) is 0 Å². The highest BCUT2D eigenvalue weighted by atomic mass is 79.9. The summed E-state index contributed by atoms with van der Waals surface area (Å²) in [5, 5.41) is 7.83. The van der Waals surface area contributed by atoms with E-state index in [1.807, 2.05) is 17.9 Å². The molecule has 0 fully saturated rings. The summed E-state index contributed by atoms with van der Waals surface area (Å²) in [6.07, 6.45) is 5.20. The van der Waals surface area contributed by atoms with Crippen LogP contribution in [0.5, 0.6) is 0 Å². The maximum Gasteiger partial charge on any atom is 0.0605 e. The maximum atomic E-state index is 4.43. The van der Waals surface area contributed by atoms with E-state index in [0.29, 0.717) is 0 Å². The van der Waals surface area contributed by atoms with E-state index in [2.05, 4.69) is 65.4 Å². The molecular weight excluding hydrogens is 314 g/mol. The Kier molecular flexibility index (Phi) is 5.00. The molecule has 1 aromatic heterocycles. The van der Waals surface area contributed by atoms with Crippen LogP contribution in [0.1, 0.15) is 41.6 Å². The molecule has 108 valence electrons. The third-order valence-electron chi connectivity index (χ3n) is 3.52. The summed E-state index contributed by atoms with van der Waals surface area (Å²) in [6.45, 7) is 7.40. The van der Waals surface area contributed by atoms with Crippen LogP contribution >= 0.6 is 15.9 Å². The average Bonchev–Trinajstić information content (AvgIpc) is 2.85. The summed E-state index contributed by atoms with van der Waals surface area (Å²) in [5.41, 5.74) is 5.02. The lowest BCUT2D eigenvalue weighted by Crippen LogP contribution is -2.17. The molecule has 0 saturated heterocycles. The molecule has 2 aromatic rings. The Balaban J connectivity index is 2.36. The molecule has 0 saturated carbocycles. The third-order valence-corrected chi connectivity index (χ3v) is 4.77. The van der Waals surface area contributed by atoms with Crippen LogP contribution < -0.4 is 5.32 Å². The number of halogens is 1. The Hall–Kier alpha value is -1.13. The standard InChI is InChI=1S/C16H22BrN3/c1-5-6-20-10-14(9-19-20)16(18-4)13-7-11(2)15(17)12(3)8-13/h7-10,16,18H,5-6H2,1-4H3. The number of hydrogen-bond donors (Lipinski definition) is 1. The molecule has 1 unspecified atom stereocenters. The van der Waals surface area contributed by atoms with Crippen molar-refractivity contribution in [3.05, 3.63) is 51.3 Å². The van der Waals surface area contributed by atoms with Crippen LogP contribution in [0.2, 0.25) is 0 Å². The fraction of sp³-hybridized carbons (Fsp3) is 0.438. The summed E-state index contributed by atoms with van der Waals surface area (Å²) in [5.74, 6) is 0. The van der Waals surface area contributed by atoms with E-state index < -0.39 is 0 Å². The Morgan fingerprint density at radius 3 is 2.45 bits per heavy atom. The predicted molar refractivity (Wildman–Crippen MR) is 87.0 cm³/mol. The Bertz CT molecular complexity index is 566. The van der Waals surface area contributed by atoms with Crippen molar-refractivity contribution in [1.29, 1.82) is 0 Å². The summed E-state index contributed by atoms with van der Waals surface area (Å²) in [4.78, 5) is 0. The van der Waals surface area contributed by atoms with Gasteiger partial charge in [-0.1, -0.05) is 35.0 Å². The molecule has 0 spiro atoms. The number of nitrogens with zero attached hydrogens (tertiary/aromatic N) is 2. The van der Waals surface area contributed by atoms with Gasteiger partial charge in [0.15, 0.2) is 0 Å². The number of rotatable bonds is 5. The molecule has 20 heavy (non-hydrogen) atoms. The zero-order chi connectivity index (χ0) is 14.7. The zero-order valence-corrected chi connectivity index (χ0v) is 14.2. The Morgan fingerprint density at radius 2 is 1.90 bits per heavy atom. The lowest BCUT2D eigenvalue weighted by molar-refractivity contribution is 0.600. The highest BCUT2D eigenvalue weighted by molar-refractivity contribution is 9.10. The van der Waals surface area contributed by atoms with Gasteiger partial charge in [-0.05, 0) is 44.0 Å². The van der Waals surface area contributed by atoms with E-state index in [1.54, 1.807) is 0 Å². The second kappa shape index (κ2) is 6.55. The first-order chi connectivity index (χ1) is 9.56. The van der Waals surface area contributed by atoms with Gasteiger partial charge in [-0.3, -0.25) is 4.68 Å². The monoisotopic (exact) mass is 335 g/mol. The van der Waals surface area contributed by atoms with Crippen molar-refractivity contribution in [2.24, 2.45) is 0 Å². The van der Waals surface area contributed by atoms with Crippen LogP contribution in [0.15, 0.2) is 29.0 Å². The van der Waals surface area contributed by atoms with Crippen LogP contribution in [-0.4, -0.2) is 16.8 Å². The minimum absolute atomic E-state index is 0.186. The van der Waals surface area contributed by atoms with E-state index in [1.165, 1.54) is 26.7 Å². The van der Waals surface area contributed by atoms with Gasteiger partial charge in [-0.2, -0.15) is 5.10 Å². The number of hydrogen-bond acceptors (Lipinski definition) is 2. The maximum absolute atomic E-state index is 4.43. The fourth-order valence-electron chi connectivity index (χ4n) is 2.55. The molecule has 0 aliphatic rings. The fourth-order valence-corrected chi connectivity index (χ4v) is 2.78. The largest absolute Gasteiger partial charge is 0.309 e. The highest BCUT2D eigenvalue weighted by Gasteiger charge is 2.15. The van der Waals surface area contributed by atoms with E-state index >= 15 is 0 Å². The SMILES string of the molecule is CCCn1cc(C(NC)c2cc(C)c(Br)c(C)c2)cn1. The zero-order valence-electron chi connectivity index (χ0n) is 12.6. The van der Waals surface area contributed by atoms with Crippen LogP contribution in [0, 0.1) is 13.8 Å². The number of aromatic nitrogens is 2. The first-order valence-electron chi connectivity index (χ1n) is 7.03. The van der Waals surface area contributed by atoms with E-state index in [9.17, 15) is 0 Å².